The topological polar surface area (TPSA) is 87.3 Å². The molecular weight excluding hydrogens is 366 g/mol. The molecule has 0 saturated heterocycles. The van der Waals surface area contributed by atoms with E-state index in [4.69, 9.17) is 4.74 Å². The molecule has 0 aliphatic heterocycles. The third kappa shape index (κ3) is 3.80. The maximum absolute atomic E-state index is 12.9. The Morgan fingerprint density at radius 3 is 2.67 bits per heavy atom. The van der Waals surface area contributed by atoms with Crippen molar-refractivity contribution in [2.75, 3.05) is 7.11 Å². The zero-order chi connectivity index (χ0) is 19.6. The number of hydrogen-bond acceptors (Lipinski definition) is 6. The van der Waals surface area contributed by atoms with Crippen molar-refractivity contribution in [3.63, 3.8) is 0 Å². The molecule has 0 saturated carbocycles. The summed E-state index contributed by atoms with van der Waals surface area (Å²) in [5.74, 6) is 0.954. The molecule has 0 aliphatic carbocycles. The molecule has 0 atom stereocenters. The Hall–Kier alpha value is -2.87. The third-order valence-corrected chi connectivity index (χ3v) is 5.12. The van der Waals surface area contributed by atoms with Gasteiger partial charge in [-0.15, -0.1) is 0 Å². The van der Waals surface area contributed by atoms with Crippen LogP contribution in [0.3, 0.4) is 0 Å². The number of ether oxygens (including phenoxy) is 1. The number of benzene rings is 2. The van der Waals surface area contributed by atoms with E-state index in [0.29, 0.717) is 33.1 Å². The van der Waals surface area contributed by atoms with Crippen molar-refractivity contribution in [1.29, 1.82) is 0 Å². The van der Waals surface area contributed by atoms with Crippen LogP contribution >= 0.6 is 11.8 Å². The van der Waals surface area contributed by atoms with Crippen molar-refractivity contribution < 1.29 is 9.66 Å². The predicted octanol–water partition coefficient (Wildman–Crippen LogP) is 4.19. The maximum Gasteiger partial charge on any atom is 0.270 e. The fourth-order valence-electron chi connectivity index (χ4n) is 2.82. The fraction of sp³-hybridized carbons (Fsp3) is 0.263. The number of fused-ring (bicyclic) bond motifs is 1. The first-order chi connectivity index (χ1) is 12.9. The van der Waals surface area contributed by atoms with Gasteiger partial charge in [-0.25, -0.2) is 4.98 Å². The highest BCUT2D eigenvalue weighted by atomic mass is 32.2. The van der Waals surface area contributed by atoms with Gasteiger partial charge in [0.2, 0.25) is 0 Å². The van der Waals surface area contributed by atoms with E-state index in [1.165, 1.54) is 31.0 Å². The van der Waals surface area contributed by atoms with Crippen molar-refractivity contribution in [3.05, 3.63) is 68.5 Å². The first-order valence-corrected chi connectivity index (χ1v) is 9.36. The fourth-order valence-corrected chi connectivity index (χ4v) is 3.92. The van der Waals surface area contributed by atoms with Crippen LogP contribution in [0.1, 0.15) is 25.5 Å². The van der Waals surface area contributed by atoms with Crippen molar-refractivity contribution in [2.24, 2.45) is 0 Å². The molecule has 0 spiro atoms. The molecule has 140 valence electrons. The second-order valence-corrected chi connectivity index (χ2v) is 7.16. The Balaban J connectivity index is 2.02. The second kappa shape index (κ2) is 7.79. The van der Waals surface area contributed by atoms with Crippen LogP contribution in [0, 0.1) is 10.1 Å². The van der Waals surface area contributed by atoms with E-state index in [9.17, 15) is 14.9 Å². The summed E-state index contributed by atoms with van der Waals surface area (Å²) in [7, 11) is 1.52. The van der Waals surface area contributed by atoms with E-state index >= 15 is 0 Å². The molecule has 27 heavy (non-hydrogen) atoms. The molecule has 7 nitrogen and oxygen atoms in total. The number of thioether (sulfide) groups is 1. The Morgan fingerprint density at radius 2 is 2.00 bits per heavy atom. The number of nitro groups is 1. The van der Waals surface area contributed by atoms with Crippen LogP contribution in [0.15, 0.2) is 52.4 Å². The largest absolute Gasteiger partial charge is 0.496 e. The summed E-state index contributed by atoms with van der Waals surface area (Å²) in [5, 5.41) is 12.2. The number of nitro benzene ring substituents is 1. The van der Waals surface area contributed by atoms with Gasteiger partial charge in [0.15, 0.2) is 5.16 Å². The highest BCUT2D eigenvalue weighted by molar-refractivity contribution is 7.98. The Bertz CT molecular complexity index is 1060. The lowest BCUT2D eigenvalue weighted by atomic mass is 10.2. The molecule has 3 aromatic rings. The smallest absolute Gasteiger partial charge is 0.270 e. The van der Waals surface area contributed by atoms with Gasteiger partial charge in [0.1, 0.15) is 5.75 Å². The summed E-state index contributed by atoms with van der Waals surface area (Å²) in [6.45, 7) is 3.85. The monoisotopic (exact) mass is 385 g/mol. The maximum atomic E-state index is 12.9. The molecule has 0 fully saturated rings. The Labute approximate surface area is 160 Å². The van der Waals surface area contributed by atoms with Crippen molar-refractivity contribution in [3.8, 4) is 5.75 Å². The molecule has 3 rings (SSSR count). The number of aromatic nitrogens is 2. The minimum Gasteiger partial charge on any atom is -0.496 e. The lowest BCUT2D eigenvalue weighted by molar-refractivity contribution is -0.384. The summed E-state index contributed by atoms with van der Waals surface area (Å²) in [5.41, 5.74) is 1.21. The van der Waals surface area contributed by atoms with Gasteiger partial charge >= 0.3 is 0 Å². The van der Waals surface area contributed by atoms with Crippen LogP contribution in [0.2, 0.25) is 0 Å². The molecule has 0 amide bonds. The summed E-state index contributed by atoms with van der Waals surface area (Å²) in [6.07, 6.45) is 0. The minimum absolute atomic E-state index is 0.000814. The number of methoxy groups -OCH3 is 1. The predicted molar refractivity (Wildman–Crippen MR) is 106 cm³/mol. The third-order valence-electron chi connectivity index (χ3n) is 4.12. The van der Waals surface area contributed by atoms with Gasteiger partial charge in [-0.3, -0.25) is 19.5 Å². The van der Waals surface area contributed by atoms with Gasteiger partial charge in [-0.2, -0.15) is 0 Å². The van der Waals surface area contributed by atoms with Gasteiger partial charge < -0.3 is 4.74 Å². The second-order valence-electron chi connectivity index (χ2n) is 6.22. The zero-order valence-electron chi connectivity index (χ0n) is 15.2. The molecule has 8 heteroatoms. The molecule has 0 unspecified atom stereocenters. The molecule has 2 aromatic carbocycles. The number of non-ortho nitro benzene ring substituents is 1. The van der Waals surface area contributed by atoms with E-state index in [1.807, 2.05) is 26.0 Å². The number of para-hydroxylation sites is 1. The van der Waals surface area contributed by atoms with Crippen molar-refractivity contribution in [2.45, 2.75) is 30.8 Å². The van der Waals surface area contributed by atoms with Crippen LogP contribution in [0.5, 0.6) is 5.75 Å². The van der Waals surface area contributed by atoms with Crippen LogP contribution in [0.25, 0.3) is 10.9 Å². The molecule has 1 aromatic heterocycles. The van der Waals surface area contributed by atoms with E-state index in [2.05, 4.69) is 4.98 Å². The average Bonchev–Trinajstić information content (AvgIpc) is 2.65. The summed E-state index contributed by atoms with van der Waals surface area (Å²) < 4.78 is 6.96. The minimum atomic E-state index is -0.439. The summed E-state index contributed by atoms with van der Waals surface area (Å²) in [4.78, 5) is 28.1. The highest BCUT2D eigenvalue weighted by Gasteiger charge is 2.16. The first kappa shape index (κ1) is 18.9. The number of nitrogens with zero attached hydrogens (tertiary/aromatic N) is 3. The standard InChI is InChI=1S/C19H19N3O4S/c1-12(2)21-18(23)15-6-4-5-7-16(15)20-19(21)27-11-13-10-14(22(24)25)8-9-17(13)26-3/h4-10,12H,11H2,1-3H3. The van der Waals surface area contributed by atoms with Gasteiger partial charge in [-0.05, 0) is 32.0 Å². The molecule has 0 N–H and O–H groups in total. The number of hydrogen-bond donors (Lipinski definition) is 0. The van der Waals surface area contributed by atoms with Gasteiger partial charge in [0.25, 0.3) is 11.2 Å². The highest BCUT2D eigenvalue weighted by Crippen LogP contribution is 2.31. The van der Waals surface area contributed by atoms with Crippen LogP contribution < -0.4 is 10.3 Å². The normalized spacial score (nSPS) is 11.1. The van der Waals surface area contributed by atoms with Crippen LogP contribution in [-0.2, 0) is 5.75 Å². The lowest BCUT2D eigenvalue weighted by Gasteiger charge is -2.16. The zero-order valence-corrected chi connectivity index (χ0v) is 16.0. The molecule has 1 heterocycles. The SMILES string of the molecule is COc1ccc([N+](=O)[O-])cc1CSc1nc2ccccc2c(=O)n1C(C)C. The van der Waals surface area contributed by atoms with Gasteiger partial charge in [-0.1, -0.05) is 23.9 Å². The summed E-state index contributed by atoms with van der Waals surface area (Å²) >= 11 is 1.36. The molecule has 0 radical (unpaired) electrons. The Kier molecular flexibility index (Phi) is 5.46. The average molecular weight is 385 g/mol. The van der Waals surface area contributed by atoms with E-state index in [1.54, 1.807) is 22.8 Å². The van der Waals surface area contributed by atoms with Crippen LogP contribution in [-0.4, -0.2) is 21.6 Å². The molecule has 0 aliphatic rings. The van der Waals surface area contributed by atoms with E-state index in [-0.39, 0.29) is 17.3 Å². The number of rotatable bonds is 6. The quantitative estimate of drug-likeness (QED) is 0.274. The summed E-state index contributed by atoms with van der Waals surface area (Å²) in [6, 6.07) is 11.6. The van der Waals surface area contributed by atoms with Gasteiger partial charge in [0, 0.05) is 29.5 Å². The van der Waals surface area contributed by atoms with Crippen molar-refractivity contribution >= 4 is 28.4 Å². The van der Waals surface area contributed by atoms with E-state index < -0.39 is 4.92 Å². The molecule has 0 bridgehead atoms. The Morgan fingerprint density at radius 1 is 1.26 bits per heavy atom. The van der Waals surface area contributed by atoms with E-state index in [0.717, 1.165) is 0 Å². The van der Waals surface area contributed by atoms with Crippen molar-refractivity contribution in [1.82, 2.24) is 9.55 Å². The first-order valence-electron chi connectivity index (χ1n) is 8.37. The van der Waals surface area contributed by atoms with Crippen LogP contribution in [0.4, 0.5) is 5.69 Å². The lowest BCUT2D eigenvalue weighted by Crippen LogP contribution is -2.25. The van der Waals surface area contributed by atoms with Gasteiger partial charge in [0.05, 0.1) is 22.9 Å². The molecular formula is C19H19N3O4S.